The van der Waals surface area contributed by atoms with Crippen molar-refractivity contribution in [1.82, 2.24) is 10.2 Å². The first-order valence-corrected chi connectivity index (χ1v) is 8.31. The number of benzene rings is 1. The van der Waals surface area contributed by atoms with Crippen LogP contribution in [0.5, 0.6) is 0 Å². The second-order valence-corrected chi connectivity index (χ2v) is 7.04. The summed E-state index contributed by atoms with van der Waals surface area (Å²) in [5.41, 5.74) is 1.85. The Kier molecular flexibility index (Phi) is 4.94. The number of rotatable bonds is 6. The fourth-order valence-corrected chi connectivity index (χ4v) is 3.24. The molecule has 3 nitrogen and oxygen atoms in total. The fourth-order valence-electron chi connectivity index (χ4n) is 3.24. The Balaban J connectivity index is 1.33. The highest BCUT2D eigenvalue weighted by Crippen LogP contribution is 2.25. The van der Waals surface area contributed by atoms with Gasteiger partial charge in [-0.3, -0.25) is 0 Å². The number of nitrogens with zero attached hydrogens (tertiary/aromatic N) is 1. The van der Waals surface area contributed by atoms with E-state index in [0.29, 0.717) is 11.5 Å². The second kappa shape index (κ2) is 6.91. The number of hydrogen-bond donors (Lipinski definition) is 1. The van der Waals surface area contributed by atoms with Crippen LogP contribution in [0.4, 0.5) is 0 Å². The summed E-state index contributed by atoms with van der Waals surface area (Å²) in [7, 11) is 0. The number of hydrogen-bond acceptors (Lipinski definition) is 3. The lowest BCUT2D eigenvalue weighted by Crippen LogP contribution is -2.51. The van der Waals surface area contributed by atoms with Gasteiger partial charge in [-0.25, -0.2) is 0 Å². The van der Waals surface area contributed by atoms with Crippen LogP contribution < -0.4 is 5.32 Å². The molecule has 21 heavy (non-hydrogen) atoms. The van der Waals surface area contributed by atoms with Crippen LogP contribution in [0.3, 0.4) is 0 Å². The summed E-state index contributed by atoms with van der Waals surface area (Å²) < 4.78 is 5.32. The average Bonchev–Trinajstić information content (AvgIpc) is 2.51. The summed E-state index contributed by atoms with van der Waals surface area (Å²) in [5, 5.41) is 3.75. The van der Waals surface area contributed by atoms with E-state index in [0.717, 1.165) is 19.8 Å². The van der Waals surface area contributed by atoms with Crippen molar-refractivity contribution in [3.05, 3.63) is 35.9 Å². The third-order valence-corrected chi connectivity index (χ3v) is 4.87. The van der Waals surface area contributed by atoms with Crippen molar-refractivity contribution in [2.75, 3.05) is 39.4 Å². The van der Waals surface area contributed by atoms with Gasteiger partial charge in [0.05, 0.1) is 13.2 Å². The summed E-state index contributed by atoms with van der Waals surface area (Å²) in [5.74, 6) is 0. The molecule has 0 aromatic heterocycles. The van der Waals surface area contributed by atoms with Gasteiger partial charge in [-0.1, -0.05) is 37.3 Å². The highest BCUT2D eigenvalue weighted by Gasteiger charge is 2.33. The molecule has 2 aliphatic rings. The zero-order valence-electron chi connectivity index (χ0n) is 13.2. The van der Waals surface area contributed by atoms with Crippen LogP contribution in [0.15, 0.2) is 30.3 Å². The van der Waals surface area contributed by atoms with Gasteiger partial charge in [0, 0.05) is 24.5 Å². The van der Waals surface area contributed by atoms with Gasteiger partial charge in [0.2, 0.25) is 0 Å². The Bertz CT molecular complexity index is 422. The molecule has 0 aliphatic carbocycles. The van der Waals surface area contributed by atoms with Gasteiger partial charge < -0.3 is 15.0 Å². The molecule has 1 N–H and O–H groups in total. The summed E-state index contributed by atoms with van der Waals surface area (Å²) in [6.45, 7) is 8.95. The van der Waals surface area contributed by atoms with E-state index in [1.807, 2.05) is 0 Å². The summed E-state index contributed by atoms with van der Waals surface area (Å²) in [6, 6.07) is 11.5. The van der Waals surface area contributed by atoms with E-state index < -0.39 is 0 Å². The molecular formula is C18H28N2O. The molecule has 0 atom stereocenters. The van der Waals surface area contributed by atoms with Crippen molar-refractivity contribution in [3.8, 4) is 0 Å². The summed E-state index contributed by atoms with van der Waals surface area (Å²) >= 11 is 0. The number of nitrogens with one attached hydrogen (secondary N) is 1. The number of piperidine rings is 1. The first-order valence-electron chi connectivity index (χ1n) is 8.31. The lowest BCUT2D eigenvalue weighted by atomic mass is 9.88. The van der Waals surface area contributed by atoms with Crippen LogP contribution in [-0.4, -0.2) is 50.3 Å². The van der Waals surface area contributed by atoms with Gasteiger partial charge in [-0.15, -0.1) is 0 Å². The standard InChI is InChI=1S/C18H28N2O/c1-18(14-21-15-18)13-19-17-8-11-20(12-9-17)10-7-16-5-3-2-4-6-16/h2-6,17,19H,7-15H2,1H3. The molecule has 0 saturated carbocycles. The molecule has 0 amide bonds. The van der Waals surface area contributed by atoms with Crippen molar-refractivity contribution in [3.63, 3.8) is 0 Å². The molecule has 2 saturated heterocycles. The highest BCUT2D eigenvalue weighted by atomic mass is 16.5. The molecule has 116 valence electrons. The lowest BCUT2D eigenvalue weighted by molar-refractivity contribution is -0.100. The molecular weight excluding hydrogens is 260 g/mol. The molecule has 0 bridgehead atoms. The van der Waals surface area contributed by atoms with Crippen LogP contribution in [0.25, 0.3) is 0 Å². The summed E-state index contributed by atoms with van der Waals surface area (Å²) in [4.78, 5) is 2.61. The predicted octanol–water partition coefficient (Wildman–Crippen LogP) is 2.32. The van der Waals surface area contributed by atoms with Gasteiger partial charge in [-0.2, -0.15) is 0 Å². The monoisotopic (exact) mass is 288 g/mol. The minimum atomic E-state index is 0.393. The molecule has 1 aromatic carbocycles. The Hall–Kier alpha value is -0.900. The van der Waals surface area contributed by atoms with Crippen molar-refractivity contribution >= 4 is 0 Å². The highest BCUT2D eigenvalue weighted by molar-refractivity contribution is 5.14. The third kappa shape index (κ3) is 4.29. The quantitative estimate of drug-likeness (QED) is 0.869. The zero-order valence-corrected chi connectivity index (χ0v) is 13.2. The maximum Gasteiger partial charge on any atom is 0.0554 e. The van der Waals surface area contributed by atoms with Crippen LogP contribution >= 0.6 is 0 Å². The molecule has 3 heteroatoms. The predicted molar refractivity (Wildman–Crippen MR) is 86.5 cm³/mol. The number of ether oxygens (including phenoxy) is 1. The average molecular weight is 288 g/mol. The molecule has 2 fully saturated rings. The first-order chi connectivity index (χ1) is 10.2. The number of likely N-dealkylation sites (tertiary alicyclic amines) is 1. The van der Waals surface area contributed by atoms with Crippen molar-refractivity contribution in [1.29, 1.82) is 0 Å². The zero-order chi connectivity index (χ0) is 14.5. The van der Waals surface area contributed by atoms with E-state index in [4.69, 9.17) is 4.74 Å². The topological polar surface area (TPSA) is 24.5 Å². The minimum Gasteiger partial charge on any atom is -0.380 e. The molecule has 1 aromatic rings. The van der Waals surface area contributed by atoms with Crippen molar-refractivity contribution < 1.29 is 4.74 Å². The van der Waals surface area contributed by atoms with Crippen LogP contribution in [-0.2, 0) is 11.2 Å². The normalized spacial score (nSPS) is 22.9. The van der Waals surface area contributed by atoms with E-state index >= 15 is 0 Å². The SMILES string of the molecule is CC1(CNC2CCN(CCc3ccccc3)CC2)COC1. The van der Waals surface area contributed by atoms with Crippen molar-refractivity contribution in [2.24, 2.45) is 5.41 Å². The molecule has 0 unspecified atom stereocenters. The summed E-state index contributed by atoms with van der Waals surface area (Å²) in [6.07, 6.45) is 3.74. The van der Waals surface area contributed by atoms with Gasteiger partial charge in [0.1, 0.15) is 0 Å². The van der Waals surface area contributed by atoms with Crippen LogP contribution in [0.2, 0.25) is 0 Å². The second-order valence-electron chi connectivity index (χ2n) is 7.04. The first kappa shape index (κ1) is 15.0. The largest absolute Gasteiger partial charge is 0.380 e. The third-order valence-electron chi connectivity index (χ3n) is 4.87. The van der Waals surface area contributed by atoms with Gasteiger partial charge in [0.25, 0.3) is 0 Å². The Morgan fingerprint density at radius 3 is 2.52 bits per heavy atom. The van der Waals surface area contributed by atoms with E-state index in [9.17, 15) is 0 Å². The Labute approximate surface area is 128 Å². The molecule has 2 heterocycles. The molecule has 0 radical (unpaired) electrons. The maximum absolute atomic E-state index is 5.32. The van der Waals surface area contributed by atoms with Crippen molar-refractivity contribution in [2.45, 2.75) is 32.2 Å². The molecule has 2 aliphatic heterocycles. The Morgan fingerprint density at radius 1 is 1.19 bits per heavy atom. The lowest BCUT2D eigenvalue weighted by Gasteiger charge is -2.40. The Morgan fingerprint density at radius 2 is 1.90 bits per heavy atom. The molecule has 3 rings (SSSR count). The van der Waals surface area contributed by atoms with Crippen LogP contribution in [0, 0.1) is 5.41 Å². The van der Waals surface area contributed by atoms with E-state index in [-0.39, 0.29) is 0 Å². The smallest absolute Gasteiger partial charge is 0.0554 e. The van der Waals surface area contributed by atoms with E-state index in [1.165, 1.54) is 44.5 Å². The van der Waals surface area contributed by atoms with Gasteiger partial charge in [-0.05, 0) is 37.9 Å². The molecule has 0 spiro atoms. The minimum absolute atomic E-state index is 0.393. The fraction of sp³-hybridized carbons (Fsp3) is 0.667. The van der Waals surface area contributed by atoms with Gasteiger partial charge in [0.15, 0.2) is 0 Å². The van der Waals surface area contributed by atoms with Crippen LogP contribution in [0.1, 0.15) is 25.3 Å². The van der Waals surface area contributed by atoms with E-state index in [2.05, 4.69) is 47.5 Å². The van der Waals surface area contributed by atoms with Gasteiger partial charge >= 0.3 is 0 Å². The van der Waals surface area contributed by atoms with E-state index in [1.54, 1.807) is 0 Å². The maximum atomic E-state index is 5.32.